The lowest BCUT2D eigenvalue weighted by Gasteiger charge is -2.18. The van der Waals surface area contributed by atoms with Gasteiger partial charge in [-0.1, -0.05) is 98.8 Å². The Hall–Kier alpha value is -5.40. The van der Waals surface area contributed by atoms with E-state index in [0.717, 1.165) is 27.3 Å². The van der Waals surface area contributed by atoms with Gasteiger partial charge in [-0.05, 0) is 89.7 Å². The molecule has 3 N–H and O–H groups in total. The van der Waals surface area contributed by atoms with Gasteiger partial charge in [-0.25, -0.2) is 0 Å². The average Bonchev–Trinajstić information content (AvgIpc) is 3.09. The van der Waals surface area contributed by atoms with Crippen molar-refractivity contribution in [2.45, 2.75) is 36.8 Å². The molecule has 236 valence electrons. The van der Waals surface area contributed by atoms with Gasteiger partial charge in [-0.15, -0.1) is 11.8 Å². The van der Waals surface area contributed by atoms with Crippen LogP contribution in [0.4, 0.5) is 11.4 Å². The van der Waals surface area contributed by atoms with Crippen molar-refractivity contribution in [3.63, 3.8) is 0 Å². The number of anilines is 2. The standard InChI is InChI=1S/C40H37N3O3S/c1-27(2)29-18-20-33(21-19-29)42-40(46)37(30-13-6-4-7-14-30)47-35-24-22-34(23-25-35)41-39(45)36(26-32-17-11-10-12-28(32)3)43-38(44)31-15-8-5-9-16-31/h4-27,37H,1-3H3,(H,41,45)(H,42,46)(H,43,44)/b36-26-. The summed E-state index contributed by atoms with van der Waals surface area (Å²) in [6, 6.07) is 41.3. The van der Waals surface area contributed by atoms with Gasteiger partial charge in [0.05, 0.1) is 0 Å². The predicted molar refractivity (Wildman–Crippen MR) is 192 cm³/mol. The van der Waals surface area contributed by atoms with Gasteiger partial charge < -0.3 is 16.0 Å². The van der Waals surface area contributed by atoms with Crippen LogP contribution in [-0.2, 0) is 9.59 Å². The molecule has 1 unspecified atom stereocenters. The molecule has 0 aliphatic heterocycles. The van der Waals surface area contributed by atoms with E-state index in [1.165, 1.54) is 17.3 Å². The highest BCUT2D eigenvalue weighted by Crippen LogP contribution is 2.37. The smallest absolute Gasteiger partial charge is 0.272 e. The fraction of sp³-hybridized carbons (Fsp3) is 0.125. The maximum Gasteiger partial charge on any atom is 0.272 e. The first kappa shape index (κ1) is 33.0. The normalized spacial score (nSPS) is 11.9. The van der Waals surface area contributed by atoms with Crippen LogP contribution < -0.4 is 16.0 Å². The first-order chi connectivity index (χ1) is 22.8. The van der Waals surface area contributed by atoms with E-state index in [2.05, 4.69) is 29.8 Å². The Morgan fingerprint density at radius 2 is 1.21 bits per heavy atom. The molecule has 0 saturated carbocycles. The van der Waals surface area contributed by atoms with Crippen molar-refractivity contribution in [3.05, 3.63) is 167 Å². The van der Waals surface area contributed by atoms with Crippen molar-refractivity contribution >= 4 is 46.9 Å². The molecule has 7 heteroatoms. The van der Waals surface area contributed by atoms with Crippen LogP contribution in [0.5, 0.6) is 0 Å². The van der Waals surface area contributed by atoms with Crippen molar-refractivity contribution in [2.75, 3.05) is 10.6 Å². The van der Waals surface area contributed by atoms with Crippen LogP contribution in [-0.4, -0.2) is 17.7 Å². The molecule has 0 bridgehead atoms. The molecule has 0 spiro atoms. The van der Waals surface area contributed by atoms with Crippen LogP contribution in [0.3, 0.4) is 0 Å². The molecule has 6 nitrogen and oxygen atoms in total. The molecule has 0 saturated heterocycles. The topological polar surface area (TPSA) is 87.3 Å². The van der Waals surface area contributed by atoms with Crippen LogP contribution in [0.1, 0.15) is 57.6 Å². The van der Waals surface area contributed by atoms with Gasteiger partial charge in [0.1, 0.15) is 10.9 Å². The lowest BCUT2D eigenvalue weighted by atomic mass is 10.0. The maximum absolute atomic E-state index is 13.6. The summed E-state index contributed by atoms with van der Waals surface area (Å²) in [5, 5.41) is 8.26. The largest absolute Gasteiger partial charge is 0.325 e. The lowest BCUT2D eigenvalue weighted by Crippen LogP contribution is -2.30. The summed E-state index contributed by atoms with van der Waals surface area (Å²) >= 11 is 1.43. The zero-order chi connectivity index (χ0) is 33.2. The van der Waals surface area contributed by atoms with Crippen molar-refractivity contribution in [1.82, 2.24) is 5.32 Å². The Labute approximate surface area is 280 Å². The van der Waals surface area contributed by atoms with E-state index in [1.54, 1.807) is 42.5 Å². The van der Waals surface area contributed by atoms with Crippen molar-refractivity contribution in [3.8, 4) is 0 Å². The van der Waals surface area contributed by atoms with Crippen molar-refractivity contribution in [2.24, 2.45) is 0 Å². The summed E-state index contributed by atoms with van der Waals surface area (Å²) in [6.07, 6.45) is 1.68. The molecule has 0 fully saturated rings. The molecule has 0 aromatic heterocycles. The zero-order valence-electron chi connectivity index (χ0n) is 26.6. The third-order valence-corrected chi connectivity index (χ3v) is 8.83. The second kappa shape index (κ2) is 15.7. The van der Waals surface area contributed by atoms with E-state index in [-0.39, 0.29) is 17.5 Å². The van der Waals surface area contributed by atoms with Gasteiger partial charge >= 0.3 is 0 Å². The molecule has 47 heavy (non-hydrogen) atoms. The van der Waals surface area contributed by atoms with Gasteiger partial charge in [0.15, 0.2) is 0 Å². The van der Waals surface area contributed by atoms with Gasteiger partial charge in [0, 0.05) is 21.8 Å². The summed E-state index contributed by atoms with van der Waals surface area (Å²) < 4.78 is 0. The van der Waals surface area contributed by atoms with Crippen LogP contribution in [0, 0.1) is 6.92 Å². The number of rotatable bonds is 11. The van der Waals surface area contributed by atoms with Crippen molar-refractivity contribution in [1.29, 1.82) is 0 Å². The third kappa shape index (κ3) is 9.08. The first-order valence-corrected chi connectivity index (χ1v) is 16.3. The number of thioether (sulfide) groups is 1. The van der Waals surface area contributed by atoms with Crippen LogP contribution in [0.15, 0.2) is 144 Å². The van der Waals surface area contributed by atoms with E-state index in [9.17, 15) is 14.4 Å². The highest BCUT2D eigenvalue weighted by Gasteiger charge is 2.23. The van der Waals surface area contributed by atoms with E-state index in [4.69, 9.17) is 0 Å². The molecular weight excluding hydrogens is 603 g/mol. The van der Waals surface area contributed by atoms with Gasteiger partial charge in [-0.3, -0.25) is 14.4 Å². The molecule has 0 radical (unpaired) electrons. The number of aryl methyl sites for hydroxylation is 1. The summed E-state index contributed by atoms with van der Waals surface area (Å²) in [5.41, 5.74) is 5.74. The minimum absolute atomic E-state index is 0.119. The van der Waals surface area contributed by atoms with Gasteiger partial charge in [-0.2, -0.15) is 0 Å². The highest BCUT2D eigenvalue weighted by molar-refractivity contribution is 8.00. The maximum atomic E-state index is 13.6. The average molecular weight is 640 g/mol. The molecule has 5 aromatic carbocycles. The third-order valence-electron chi connectivity index (χ3n) is 7.57. The van der Waals surface area contributed by atoms with Crippen LogP contribution in [0.2, 0.25) is 0 Å². The van der Waals surface area contributed by atoms with E-state index in [0.29, 0.717) is 17.2 Å². The Kier molecular flexibility index (Phi) is 11.0. The van der Waals surface area contributed by atoms with Crippen LogP contribution in [0.25, 0.3) is 6.08 Å². The molecule has 3 amide bonds. The summed E-state index contributed by atoms with van der Waals surface area (Å²) in [4.78, 5) is 40.9. The predicted octanol–water partition coefficient (Wildman–Crippen LogP) is 9.00. The van der Waals surface area contributed by atoms with Gasteiger partial charge in [0.2, 0.25) is 5.91 Å². The minimum Gasteiger partial charge on any atom is -0.325 e. The molecule has 1 atom stereocenters. The Balaban J connectivity index is 1.32. The molecule has 0 aliphatic carbocycles. The summed E-state index contributed by atoms with van der Waals surface area (Å²) in [6.45, 7) is 6.22. The van der Waals surface area contributed by atoms with E-state index >= 15 is 0 Å². The molecule has 5 aromatic rings. The van der Waals surface area contributed by atoms with Gasteiger partial charge in [0.25, 0.3) is 11.8 Å². The number of carbonyl (C=O) groups excluding carboxylic acids is 3. The van der Waals surface area contributed by atoms with E-state index < -0.39 is 11.2 Å². The Morgan fingerprint density at radius 1 is 0.638 bits per heavy atom. The first-order valence-electron chi connectivity index (χ1n) is 15.4. The molecular formula is C40H37N3O3S. The van der Waals surface area contributed by atoms with Crippen molar-refractivity contribution < 1.29 is 14.4 Å². The fourth-order valence-electron chi connectivity index (χ4n) is 4.86. The number of hydrogen-bond donors (Lipinski definition) is 3. The summed E-state index contributed by atoms with van der Waals surface area (Å²) in [7, 11) is 0. The van der Waals surface area contributed by atoms with Crippen LogP contribution >= 0.6 is 11.8 Å². The highest BCUT2D eigenvalue weighted by atomic mass is 32.2. The lowest BCUT2D eigenvalue weighted by molar-refractivity contribution is -0.116. The zero-order valence-corrected chi connectivity index (χ0v) is 27.4. The fourth-order valence-corrected chi connectivity index (χ4v) is 5.88. The number of carbonyl (C=O) groups is 3. The number of hydrogen-bond acceptors (Lipinski definition) is 4. The number of benzene rings is 5. The van der Waals surface area contributed by atoms with E-state index in [1.807, 2.05) is 104 Å². The Morgan fingerprint density at radius 3 is 1.85 bits per heavy atom. The molecule has 0 aliphatic rings. The molecule has 5 rings (SSSR count). The Bertz CT molecular complexity index is 1850. The minimum atomic E-state index is -0.502. The monoisotopic (exact) mass is 639 g/mol. The second-order valence-corrected chi connectivity index (χ2v) is 12.6. The quantitative estimate of drug-likeness (QED) is 0.0995. The summed E-state index contributed by atoms with van der Waals surface area (Å²) in [5.74, 6) is -0.559. The SMILES string of the molecule is Cc1ccccc1/C=C(\NC(=O)c1ccccc1)C(=O)Nc1ccc(SC(C(=O)Nc2ccc(C(C)C)cc2)c2ccccc2)cc1. The number of nitrogens with one attached hydrogen (secondary N) is 3. The second-order valence-electron chi connectivity index (χ2n) is 11.4. The number of amides is 3. The molecule has 0 heterocycles.